The molecule has 11 heavy (non-hydrogen) atoms. The molecule has 4 heteroatoms. The van der Waals surface area contributed by atoms with Crippen LogP contribution in [0.15, 0.2) is 0 Å². The smallest absolute Gasteiger partial charge is 0.237 e. The third kappa shape index (κ3) is 3.62. The second kappa shape index (κ2) is 3.97. The SMILES string of the molecule is CSC(C)CC(C)(N)C(N)=O. The standard InChI is InChI=1S/C7H16N2OS/c1-5(11-3)4-7(2,9)6(8)10/h5H,4,9H2,1-3H3,(H2,8,10). The van der Waals surface area contributed by atoms with Crippen LogP contribution in [0, 0.1) is 0 Å². The molecule has 66 valence electrons. The Morgan fingerprint density at radius 3 is 2.45 bits per heavy atom. The Kier molecular flexibility index (Phi) is 3.89. The molecule has 1 amide bonds. The highest BCUT2D eigenvalue weighted by Crippen LogP contribution is 2.17. The second-order valence-electron chi connectivity index (χ2n) is 3.03. The molecule has 0 heterocycles. The number of primary amides is 1. The molecule has 0 aromatic carbocycles. The molecule has 0 rings (SSSR count). The Morgan fingerprint density at radius 1 is 1.73 bits per heavy atom. The van der Waals surface area contributed by atoms with Crippen molar-refractivity contribution in [2.45, 2.75) is 31.1 Å². The van der Waals surface area contributed by atoms with Gasteiger partial charge in [-0.2, -0.15) is 11.8 Å². The van der Waals surface area contributed by atoms with Crippen molar-refractivity contribution in [1.29, 1.82) is 0 Å². The number of carbonyl (C=O) groups is 1. The van der Waals surface area contributed by atoms with Gasteiger partial charge in [0.15, 0.2) is 0 Å². The average Bonchev–Trinajstić information content (AvgIpc) is 1.86. The van der Waals surface area contributed by atoms with Gasteiger partial charge in [-0.3, -0.25) is 4.79 Å². The predicted molar refractivity (Wildman–Crippen MR) is 49.4 cm³/mol. The van der Waals surface area contributed by atoms with Crippen LogP contribution in [-0.4, -0.2) is 23.0 Å². The minimum atomic E-state index is -0.859. The third-order valence-electron chi connectivity index (χ3n) is 1.68. The molecule has 0 aliphatic rings. The largest absolute Gasteiger partial charge is 0.368 e. The molecule has 0 aliphatic heterocycles. The summed E-state index contributed by atoms with van der Waals surface area (Å²) >= 11 is 1.68. The van der Waals surface area contributed by atoms with Gasteiger partial charge in [-0.05, 0) is 19.6 Å². The van der Waals surface area contributed by atoms with Crippen LogP contribution < -0.4 is 11.5 Å². The maximum Gasteiger partial charge on any atom is 0.237 e. The molecular formula is C7H16N2OS. The average molecular weight is 176 g/mol. The van der Waals surface area contributed by atoms with Crippen LogP contribution >= 0.6 is 11.8 Å². The van der Waals surface area contributed by atoms with Crippen LogP contribution in [-0.2, 0) is 4.79 Å². The van der Waals surface area contributed by atoms with Gasteiger partial charge in [-0.25, -0.2) is 0 Å². The Balaban J connectivity index is 4.01. The lowest BCUT2D eigenvalue weighted by atomic mass is 9.97. The summed E-state index contributed by atoms with van der Waals surface area (Å²) in [6, 6.07) is 0. The fourth-order valence-corrected chi connectivity index (χ4v) is 1.29. The molecule has 0 fully saturated rings. The number of hydrogen-bond acceptors (Lipinski definition) is 3. The van der Waals surface area contributed by atoms with Gasteiger partial charge in [0.25, 0.3) is 0 Å². The lowest BCUT2D eigenvalue weighted by molar-refractivity contribution is -0.122. The molecular weight excluding hydrogens is 160 g/mol. The van der Waals surface area contributed by atoms with Gasteiger partial charge in [0.05, 0.1) is 5.54 Å². The van der Waals surface area contributed by atoms with Crippen LogP contribution in [0.1, 0.15) is 20.3 Å². The lowest BCUT2D eigenvalue weighted by Gasteiger charge is -2.23. The van der Waals surface area contributed by atoms with Gasteiger partial charge in [-0.15, -0.1) is 0 Å². The van der Waals surface area contributed by atoms with Gasteiger partial charge in [0, 0.05) is 5.25 Å². The van der Waals surface area contributed by atoms with Crippen LogP contribution in [0.3, 0.4) is 0 Å². The first-order valence-electron chi connectivity index (χ1n) is 3.51. The molecule has 0 aromatic rings. The minimum Gasteiger partial charge on any atom is -0.368 e. The van der Waals surface area contributed by atoms with E-state index in [1.54, 1.807) is 18.7 Å². The molecule has 0 saturated heterocycles. The summed E-state index contributed by atoms with van der Waals surface area (Å²) in [5.41, 5.74) is 9.89. The van der Waals surface area contributed by atoms with Crippen molar-refractivity contribution in [3.8, 4) is 0 Å². The van der Waals surface area contributed by atoms with Crippen molar-refractivity contribution in [3.05, 3.63) is 0 Å². The van der Waals surface area contributed by atoms with Crippen molar-refractivity contribution in [2.24, 2.45) is 11.5 Å². The number of amides is 1. The summed E-state index contributed by atoms with van der Waals surface area (Å²) in [6.45, 7) is 3.70. The van der Waals surface area contributed by atoms with Crippen molar-refractivity contribution < 1.29 is 4.79 Å². The van der Waals surface area contributed by atoms with Crippen molar-refractivity contribution in [1.82, 2.24) is 0 Å². The normalized spacial score (nSPS) is 18.9. The molecule has 2 atom stereocenters. The molecule has 3 nitrogen and oxygen atoms in total. The Hall–Kier alpha value is -0.220. The predicted octanol–water partition coefficient (Wildman–Crippen LogP) is 0.331. The molecule has 2 unspecified atom stereocenters. The minimum absolute atomic E-state index is 0.373. The Morgan fingerprint density at radius 2 is 2.18 bits per heavy atom. The van der Waals surface area contributed by atoms with Gasteiger partial charge >= 0.3 is 0 Å². The first-order chi connectivity index (χ1) is 4.90. The number of thioether (sulfide) groups is 1. The molecule has 0 aliphatic carbocycles. The van der Waals surface area contributed by atoms with E-state index in [1.165, 1.54) is 0 Å². The lowest BCUT2D eigenvalue weighted by Crippen LogP contribution is -2.50. The van der Waals surface area contributed by atoms with E-state index in [0.29, 0.717) is 11.7 Å². The van der Waals surface area contributed by atoms with E-state index >= 15 is 0 Å². The highest BCUT2D eigenvalue weighted by molar-refractivity contribution is 7.99. The zero-order valence-corrected chi connectivity index (χ0v) is 8.07. The molecule has 0 radical (unpaired) electrons. The number of nitrogens with two attached hydrogens (primary N) is 2. The first-order valence-corrected chi connectivity index (χ1v) is 4.80. The molecule has 0 aromatic heterocycles. The van der Waals surface area contributed by atoms with E-state index in [1.807, 2.05) is 13.2 Å². The zero-order valence-electron chi connectivity index (χ0n) is 7.26. The van der Waals surface area contributed by atoms with Crippen LogP contribution in [0.25, 0.3) is 0 Å². The number of rotatable bonds is 4. The van der Waals surface area contributed by atoms with Gasteiger partial charge in [0.1, 0.15) is 0 Å². The maximum atomic E-state index is 10.8. The topological polar surface area (TPSA) is 69.1 Å². The fraction of sp³-hybridized carbons (Fsp3) is 0.857. The Bertz CT molecular complexity index is 147. The highest BCUT2D eigenvalue weighted by Gasteiger charge is 2.27. The van der Waals surface area contributed by atoms with Crippen LogP contribution in [0.2, 0.25) is 0 Å². The van der Waals surface area contributed by atoms with E-state index in [2.05, 4.69) is 0 Å². The third-order valence-corrected chi connectivity index (χ3v) is 2.65. The van der Waals surface area contributed by atoms with Gasteiger partial charge in [0.2, 0.25) is 5.91 Å². The molecule has 0 spiro atoms. The highest BCUT2D eigenvalue weighted by atomic mass is 32.2. The van der Waals surface area contributed by atoms with Crippen LogP contribution in [0.5, 0.6) is 0 Å². The summed E-state index contributed by atoms with van der Waals surface area (Å²) in [4.78, 5) is 10.8. The first kappa shape index (κ1) is 10.8. The summed E-state index contributed by atoms with van der Waals surface area (Å²) in [6.07, 6.45) is 2.62. The van der Waals surface area contributed by atoms with Gasteiger partial charge in [-0.1, -0.05) is 6.92 Å². The summed E-state index contributed by atoms with van der Waals surface area (Å²) < 4.78 is 0. The van der Waals surface area contributed by atoms with Crippen molar-refractivity contribution in [2.75, 3.05) is 6.26 Å². The van der Waals surface area contributed by atoms with E-state index in [0.717, 1.165) is 0 Å². The summed E-state index contributed by atoms with van der Waals surface area (Å²) in [7, 11) is 0. The monoisotopic (exact) mass is 176 g/mol. The Labute approximate surface area is 71.9 Å². The number of hydrogen-bond donors (Lipinski definition) is 2. The fourth-order valence-electron chi connectivity index (χ4n) is 0.781. The molecule has 4 N–H and O–H groups in total. The number of carbonyl (C=O) groups excluding carboxylic acids is 1. The van der Waals surface area contributed by atoms with E-state index in [9.17, 15) is 4.79 Å². The quantitative estimate of drug-likeness (QED) is 0.648. The molecule has 0 saturated carbocycles. The second-order valence-corrected chi connectivity index (χ2v) is 4.31. The summed E-state index contributed by atoms with van der Waals surface area (Å²) in [5.74, 6) is -0.432. The van der Waals surface area contributed by atoms with Gasteiger partial charge < -0.3 is 11.5 Å². The summed E-state index contributed by atoms with van der Waals surface area (Å²) in [5, 5.41) is 0.373. The van der Waals surface area contributed by atoms with Crippen LogP contribution in [0.4, 0.5) is 0 Å². The zero-order chi connectivity index (χ0) is 9.07. The van der Waals surface area contributed by atoms with E-state index in [-0.39, 0.29) is 0 Å². The molecule has 0 bridgehead atoms. The van der Waals surface area contributed by atoms with Crippen molar-refractivity contribution >= 4 is 17.7 Å². The van der Waals surface area contributed by atoms with E-state index < -0.39 is 11.4 Å². The van der Waals surface area contributed by atoms with Crippen molar-refractivity contribution in [3.63, 3.8) is 0 Å². The maximum absolute atomic E-state index is 10.8. The van der Waals surface area contributed by atoms with E-state index in [4.69, 9.17) is 11.5 Å².